The Kier molecular flexibility index (Phi) is 2.74. The lowest BCUT2D eigenvalue weighted by atomic mass is 10.2. The van der Waals surface area contributed by atoms with Crippen LogP contribution in [-0.4, -0.2) is 21.1 Å². The molecule has 1 aromatic heterocycles. The van der Waals surface area contributed by atoms with Gasteiger partial charge in [-0.3, -0.25) is 10.1 Å². The molecule has 1 amide bonds. The zero-order valence-corrected chi connectivity index (χ0v) is 8.86. The normalized spacial score (nSPS) is 10.0. The minimum absolute atomic E-state index is 0.255. The van der Waals surface area contributed by atoms with Crippen molar-refractivity contribution >= 4 is 22.4 Å². The topological polar surface area (TPSA) is 82.5 Å². The predicted molar refractivity (Wildman–Crippen MR) is 59.8 cm³/mol. The fraction of sp³-hybridized carbons (Fsp3) is 0. The molecule has 3 N–H and O–H groups in total. The van der Waals surface area contributed by atoms with Gasteiger partial charge in [-0.25, -0.2) is 4.98 Å². The van der Waals surface area contributed by atoms with Gasteiger partial charge in [0.25, 0.3) is 5.91 Å². The summed E-state index contributed by atoms with van der Waals surface area (Å²) in [5, 5.41) is 23.1. The zero-order chi connectivity index (χ0) is 11.5. The molecular weight excluding hydrogens is 228 g/mol. The molecule has 0 aliphatic rings. The Labute approximate surface area is 95.0 Å². The molecular formula is C10H8N2O3S. The van der Waals surface area contributed by atoms with Crippen LogP contribution in [0.2, 0.25) is 0 Å². The number of hydrogen-bond acceptors (Lipinski definition) is 5. The summed E-state index contributed by atoms with van der Waals surface area (Å²) in [6.07, 6.45) is 1.58. The summed E-state index contributed by atoms with van der Waals surface area (Å²) in [4.78, 5) is 15.5. The Bertz CT molecular complexity index is 511. The molecule has 0 saturated heterocycles. The standard InChI is InChI=1S/C10H8N2O3S/c13-7-2-1-6(5-8(7)14)9(15)12-10-11-3-4-16-10/h1-5,13-14H,(H,11,12,15). The van der Waals surface area contributed by atoms with Crippen LogP contribution in [0.4, 0.5) is 5.13 Å². The number of phenolic OH excluding ortho intramolecular Hbond substituents is 2. The highest BCUT2D eigenvalue weighted by Gasteiger charge is 2.09. The number of nitrogens with one attached hydrogen (secondary N) is 1. The van der Waals surface area contributed by atoms with Crippen LogP contribution in [-0.2, 0) is 0 Å². The summed E-state index contributed by atoms with van der Waals surface area (Å²) in [6, 6.07) is 3.86. The average molecular weight is 236 g/mol. The molecule has 0 unspecified atom stereocenters. The third kappa shape index (κ3) is 2.12. The molecule has 5 nitrogen and oxygen atoms in total. The van der Waals surface area contributed by atoms with E-state index in [-0.39, 0.29) is 23.0 Å². The monoisotopic (exact) mass is 236 g/mol. The van der Waals surface area contributed by atoms with E-state index in [2.05, 4.69) is 10.3 Å². The van der Waals surface area contributed by atoms with Crippen LogP contribution in [0.5, 0.6) is 11.5 Å². The minimum atomic E-state index is -0.384. The van der Waals surface area contributed by atoms with Gasteiger partial charge in [-0.05, 0) is 18.2 Å². The minimum Gasteiger partial charge on any atom is -0.504 e. The summed E-state index contributed by atoms with van der Waals surface area (Å²) in [7, 11) is 0. The van der Waals surface area contributed by atoms with Gasteiger partial charge in [0.15, 0.2) is 16.6 Å². The quantitative estimate of drug-likeness (QED) is 0.694. The van der Waals surface area contributed by atoms with Gasteiger partial charge in [-0.2, -0.15) is 0 Å². The van der Waals surface area contributed by atoms with Gasteiger partial charge in [-0.15, -0.1) is 11.3 Å². The first-order chi connectivity index (χ1) is 7.66. The molecule has 2 rings (SSSR count). The van der Waals surface area contributed by atoms with E-state index < -0.39 is 0 Å². The van der Waals surface area contributed by atoms with Crippen LogP contribution in [0.15, 0.2) is 29.8 Å². The van der Waals surface area contributed by atoms with E-state index >= 15 is 0 Å². The highest BCUT2D eigenvalue weighted by molar-refractivity contribution is 7.13. The maximum absolute atomic E-state index is 11.6. The summed E-state index contributed by atoms with van der Waals surface area (Å²) < 4.78 is 0. The van der Waals surface area contributed by atoms with Crippen molar-refractivity contribution in [2.24, 2.45) is 0 Å². The lowest BCUT2D eigenvalue weighted by Crippen LogP contribution is -2.11. The van der Waals surface area contributed by atoms with Crippen LogP contribution in [0.25, 0.3) is 0 Å². The number of thiazole rings is 1. The molecule has 0 fully saturated rings. The number of rotatable bonds is 2. The number of anilines is 1. The van der Waals surface area contributed by atoms with Crippen LogP contribution in [0, 0.1) is 0 Å². The summed E-state index contributed by atoms with van der Waals surface area (Å²) in [6.45, 7) is 0. The van der Waals surface area contributed by atoms with Crippen molar-refractivity contribution in [3.63, 3.8) is 0 Å². The molecule has 16 heavy (non-hydrogen) atoms. The number of carbonyl (C=O) groups excluding carboxylic acids is 1. The second kappa shape index (κ2) is 4.19. The Morgan fingerprint density at radius 1 is 1.31 bits per heavy atom. The number of benzene rings is 1. The van der Waals surface area contributed by atoms with E-state index in [4.69, 9.17) is 5.11 Å². The van der Waals surface area contributed by atoms with E-state index in [1.807, 2.05) is 0 Å². The second-order valence-electron chi connectivity index (χ2n) is 2.99. The molecule has 1 aromatic carbocycles. The van der Waals surface area contributed by atoms with Crippen LogP contribution < -0.4 is 5.32 Å². The predicted octanol–water partition coefficient (Wildman–Crippen LogP) is 1.81. The first-order valence-electron chi connectivity index (χ1n) is 4.39. The average Bonchev–Trinajstić information content (AvgIpc) is 2.74. The Balaban J connectivity index is 2.18. The molecule has 0 saturated carbocycles. The van der Waals surface area contributed by atoms with Gasteiger partial charge in [0.2, 0.25) is 0 Å². The van der Waals surface area contributed by atoms with Gasteiger partial charge in [0, 0.05) is 17.1 Å². The van der Waals surface area contributed by atoms with Crippen molar-refractivity contribution in [3.8, 4) is 11.5 Å². The van der Waals surface area contributed by atoms with Crippen molar-refractivity contribution in [3.05, 3.63) is 35.3 Å². The third-order valence-electron chi connectivity index (χ3n) is 1.89. The van der Waals surface area contributed by atoms with Gasteiger partial charge in [0.1, 0.15) is 0 Å². The van der Waals surface area contributed by atoms with Crippen molar-refractivity contribution in [1.82, 2.24) is 4.98 Å². The zero-order valence-electron chi connectivity index (χ0n) is 8.04. The van der Waals surface area contributed by atoms with Crippen molar-refractivity contribution in [2.75, 3.05) is 5.32 Å². The van der Waals surface area contributed by atoms with Crippen molar-refractivity contribution < 1.29 is 15.0 Å². The first-order valence-corrected chi connectivity index (χ1v) is 5.27. The molecule has 0 bridgehead atoms. The molecule has 6 heteroatoms. The molecule has 1 heterocycles. The molecule has 0 aliphatic heterocycles. The van der Waals surface area contributed by atoms with Crippen molar-refractivity contribution in [2.45, 2.75) is 0 Å². The molecule has 0 spiro atoms. The number of hydrogen-bond donors (Lipinski definition) is 3. The highest BCUT2D eigenvalue weighted by Crippen LogP contribution is 2.25. The SMILES string of the molecule is O=C(Nc1nccs1)c1ccc(O)c(O)c1. The van der Waals surface area contributed by atoms with Crippen LogP contribution in [0.1, 0.15) is 10.4 Å². The van der Waals surface area contributed by atoms with E-state index in [1.54, 1.807) is 11.6 Å². The Morgan fingerprint density at radius 2 is 2.12 bits per heavy atom. The number of carbonyl (C=O) groups is 1. The third-order valence-corrected chi connectivity index (χ3v) is 2.58. The lowest BCUT2D eigenvalue weighted by Gasteiger charge is -2.03. The summed E-state index contributed by atoms with van der Waals surface area (Å²) in [5.41, 5.74) is 0.255. The number of aromatic hydroxyl groups is 2. The number of nitrogens with zero attached hydrogens (tertiary/aromatic N) is 1. The Hall–Kier alpha value is -2.08. The second-order valence-corrected chi connectivity index (χ2v) is 3.89. The summed E-state index contributed by atoms with van der Waals surface area (Å²) >= 11 is 1.30. The molecule has 0 atom stereocenters. The van der Waals surface area contributed by atoms with E-state index in [0.717, 1.165) is 0 Å². The lowest BCUT2D eigenvalue weighted by molar-refractivity contribution is 0.102. The largest absolute Gasteiger partial charge is 0.504 e. The Morgan fingerprint density at radius 3 is 2.75 bits per heavy atom. The summed E-state index contributed by atoms with van der Waals surface area (Å²) in [5.74, 6) is -0.970. The van der Waals surface area contributed by atoms with Gasteiger partial charge >= 0.3 is 0 Å². The number of phenols is 2. The van der Waals surface area contributed by atoms with Gasteiger partial charge in [-0.1, -0.05) is 0 Å². The van der Waals surface area contributed by atoms with E-state index in [1.165, 1.54) is 29.5 Å². The fourth-order valence-corrected chi connectivity index (χ4v) is 1.64. The van der Waals surface area contributed by atoms with E-state index in [0.29, 0.717) is 5.13 Å². The van der Waals surface area contributed by atoms with Crippen LogP contribution in [0.3, 0.4) is 0 Å². The van der Waals surface area contributed by atoms with Gasteiger partial charge in [0.05, 0.1) is 0 Å². The maximum Gasteiger partial charge on any atom is 0.257 e. The smallest absolute Gasteiger partial charge is 0.257 e. The fourth-order valence-electron chi connectivity index (χ4n) is 1.12. The number of aromatic nitrogens is 1. The molecule has 82 valence electrons. The van der Waals surface area contributed by atoms with Crippen molar-refractivity contribution in [1.29, 1.82) is 0 Å². The number of amides is 1. The first kappa shape index (κ1) is 10.4. The van der Waals surface area contributed by atoms with Gasteiger partial charge < -0.3 is 10.2 Å². The molecule has 2 aromatic rings. The van der Waals surface area contributed by atoms with E-state index in [9.17, 15) is 9.90 Å². The van der Waals surface area contributed by atoms with Crippen LogP contribution >= 0.6 is 11.3 Å². The molecule has 0 radical (unpaired) electrons. The highest BCUT2D eigenvalue weighted by atomic mass is 32.1. The molecule has 0 aliphatic carbocycles. The maximum atomic E-state index is 11.6.